The number of rotatable bonds is 8. The molecule has 128 valence electrons. The molecule has 0 fully saturated rings. The van der Waals surface area contributed by atoms with E-state index in [2.05, 4.69) is 29.1 Å². The van der Waals surface area contributed by atoms with Gasteiger partial charge in [0.15, 0.2) is 0 Å². The Balaban J connectivity index is 1.99. The van der Waals surface area contributed by atoms with Crippen molar-refractivity contribution in [1.29, 1.82) is 0 Å². The van der Waals surface area contributed by atoms with Gasteiger partial charge in [0, 0.05) is 24.7 Å². The van der Waals surface area contributed by atoms with Crippen LogP contribution in [0.5, 0.6) is 0 Å². The van der Waals surface area contributed by atoms with Gasteiger partial charge in [0.1, 0.15) is 11.5 Å². The molecular formula is C18H23ClN4O. The molecule has 1 aromatic carbocycles. The van der Waals surface area contributed by atoms with Crippen LogP contribution in [0.3, 0.4) is 0 Å². The first kappa shape index (κ1) is 18.2. The Labute approximate surface area is 148 Å². The van der Waals surface area contributed by atoms with Crippen molar-refractivity contribution in [3.63, 3.8) is 0 Å². The number of carbonyl (C=O) groups excluding carboxylic acids is 1. The van der Waals surface area contributed by atoms with E-state index in [4.69, 9.17) is 11.6 Å². The number of nitrogens with one attached hydrogen (secondary N) is 1. The molecular weight excluding hydrogens is 324 g/mol. The molecule has 6 heteroatoms. The molecule has 0 bridgehead atoms. The highest BCUT2D eigenvalue weighted by molar-refractivity contribution is 6.31. The average Bonchev–Trinajstić information content (AvgIpc) is 2.61. The predicted molar refractivity (Wildman–Crippen MR) is 97.3 cm³/mol. The number of amides is 1. The summed E-state index contributed by atoms with van der Waals surface area (Å²) < 4.78 is 0. The Kier molecular flexibility index (Phi) is 7.00. The summed E-state index contributed by atoms with van der Waals surface area (Å²) in [7, 11) is 0. The van der Waals surface area contributed by atoms with Gasteiger partial charge >= 0.3 is 0 Å². The van der Waals surface area contributed by atoms with Crippen molar-refractivity contribution in [1.82, 2.24) is 14.9 Å². The van der Waals surface area contributed by atoms with E-state index in [1.165, 1.54) is 6.20 Å². The number of anilines is 1. The van der Waals surface area contributed by atoms with Gasteiger partial charge in [-0.15, -0.1) is 0 Å². The molecule has 0 saturated carbocycles. The van der Waals surface area contributed by atoms with Crippen LogP contribution in [0.15, 0.2) is 36.7 Å². The first-order valence-electron chi connectivity index (χ1n) is 8.24. The number of nitrogens with zero attached hydrogens (tertiary/aromatic N) is 3. The summed E-state index contributed by atoms with van der Waals surface area (Å²) in [5, 5.41) is 3.87. The third-order valence-electron chi connectivity index (χ3n) is 3.56. The van der Waals surface area contributed by atoms with Crippen LogP contribution >= 0.6 is 11.6 Å². The highest BCUT2D eigenvalue weighted by atomic mass is 35.5. The fraction of sp³-hybridized carbons (Fsp3) is 0.389. The van der Waals surface area contributed by atoms with Gasteiger partial charge in [-0.05, 0) is 24.5 Å². The zero-order valence-corrected chi connectivity index (χ0v) is 14.9. The fourth-order valence-corrected chi connectivity index (χ4v) is 2.58. The van der Waals surface area contributed by atoms with Crippen molar-refractivity contribution < 1.29 is 4.79 Å². The quantitative estimate of drug-likeness (QED) is 0.784. The molecule has 0 aliphatic rings. The van der Waals surface area contributed by atoms with E-state index < -0.39 is 0 Å². The third kappa shape index (κ3) is 4.93. The smallest absolute Gasteiger partial charge is 0.274 e. The van der Waals surface area contributed by atoms with Crippen molar-refractivity contribution in [2.75, 3.05) is 18.4 Å². The molecule has 5 nitrogen and oxygen atoms in total. The summed E-state index contributed by atoms with van der Waals surface area (Å²) in [6, 6.07) is 7.63. The summed E-state index contributed by atoms with van der Waals surface area (Å²) in [5.41, 5.74) is 1.36. The van der Waals surface area contributed by atoms with Crippen LogP contribution in [0.4, 0.5) is 5.82 Å². The van der Waals surface area contributed by atoms with Gasteiger partial charge in [-0.1, -0.05) is 43.6 Å². The lowest BCUT2D eigenvalue weighted by Crippen LogP contribution is -2.33. The number of hydrogen-bond acceptors (Lipinski definition) is 4. The molecule has 0 aliphatic carbocycles. The molecule has 1 amide bonds. The molecule has 1 aromatic heterocycles. The van der Waals surface area contributed by atoms with Crippen molar-refractivity contribution in [2.24, 2.45) is 0 Å². The van der Waals surface area contributed by atoms with Crippen molar-refractivity contribution in [3.8, 4) is 0 Å². The summed E-state index contributed by atoms with van der Waals surface area (Å²) in [6.07, 6.45) is 4.96. The minimum Gasteiger partial charge on any atom is -0.365 e. The normalized spacial score (nSPS) is 10.5. The second-order valence-electron chi connectivity index (χ2n) is 5.52. The van der Waals surface area contributed by atoms with Crippen LogP contribution in [-0.2, 0) is 6.54 Å². The van der Waals surface area contributed by atoms with Crippen LogP contribution in [0.25, 0.3) is 0 Å². The number of halogens is 1. The molecule has 1 heterocycles. The number of benzene rings is 1. The Morgan fingerprint density at radius 1 is 1.12 bits per heavy atom. The van der Waals surface area contributed by atoms with Crippen molar-refractivity contribution in [2.45, 2.75) is 33.2 Å². The van der Waals surface area contributed by atoms with Crippen molar-refractivity contribution in [3.05, 3.63) is 52.9 Å². The van der Waals surface area contributed by atoms with Gasteiger partial charge in [-0.25, -0.2) is 9.97 Å². The van der Waals surface area contributed by atoms with Crippen LogP contribution in [0, 0.1) is 0 Å². The van der Waals surface area contributed by atoms with Gasteiger partial charge in [-0.2, -0.15) is 0 Å². The lowest BCUT2D eigenvalue weighted by Gasteiger charge is -2.20. The average molecular weight is 347 g/mol. The van der Waals surface area contributed by atoms with Crippen molar-refractivity contribution >= 4 is 23.3 Å². The minimum atomic E-state index is -0.0659. The van der Waals surface area contributed by atoms with E-state index in [1.807, 2.05) is 29.2 Å². The van der Waals surface area contributed by atoms with E-state index >= 15 is 0 Å². The maximum atomic E-state index is 12.4. The molecule has 0 atom stereocenters. The summed E-state index contributed by atoms with van der Waals surface area (Å²) >= 11 is 6.13. The molecule has 2 aromatic rings. The molecule has 0 unspecified atom stereocenters. The first-order valence-corrected chi connectivity index (χ1v) is 8.62. The highest BCUT2D eigenvalue weighted by Gasteiger charge is 2.15. The predicted octanol–water partition coefficient (Wildman–Crippen LogP) is 4.00. The van der Waals surface area contributed by atoms with E-state index in [0.29, 0.717) is 23.1 Å². The topological polar surface area (TPSA) is 58.1 Å². The molecule has 0 saturated heterocycles. The fourth-order valence-electron chi connectivity index (χ4n) is 2.37. The maximum Gasteiger partial charge on any atom is 0.274 e. The van der Waals surface area contributed by atoms with E-state index in [9.17, 15) is 4.79 Å². The van der Waals surface area contributed by atoms with Gasteiger partial charge in [0.2, 0.25) is 0 Å². The summed E-state index contributed by atoms with van der Waals surface area (Å²) in [4.78, 5) is 22.8. The molecule has 1 N–H and O–H groups in total. The van der Waals surface area contributed by atoms with E-state index in [0.717, 1.165) is 31.5 Å². The van der Waals surface area contributed by atoms with Crippen LogP contribution in [0.2, 0.25) is 5.02 Å². The van der Waals surface area contributed by atoms with Crippen LogP contribution in [-0.4, -0.2) is 33.9 Å². The van der Waals surface area contributed by atoms with Gasteiger partial charge in [0.25, 0.3) is 5.91 Å². The molecule has 24 heavy (non-hydrogen) atoms. The third-order valence-corrected chi connectivity index (χ3v) is 3.93. The lowest BCUT2D eigenvalue weighted by atomic mass is 10.2. The zero-order chi connectivity index (χ0) is 17.4. The molecule has 0 aliphatic heterocycles. The number of aromatic nitrogens is 2. The monoisotopic (exact) mass is 346 g/mol. The van der Waals surface area contributed by atoms with Gasteiger partial charge in [0.05, 0.1) is 12.4 Å². The lowest BCUT2D eigenvalue weighted by molar-refractivity contribution is 0.0749. The molecule has 2 rings (SSSR count). The Hall–Kier alpha value is -2.14. The Bertz CT molecular complexity index is 654. The number of hydrogen-bond donors (Lipinski definition) is 1. The second kappa shape index (κ2) is 9.23. The summed E-state index contributed by atoms with van der Waals surface area (Å²) in [5.74, 6) is 0.549. The van der Waals surface area contributed by atoms with Crippen LogP contribution < -0.4 is 5.32 Å². The van der Waals surface area contributed by atoms with E-state index in [1.54, 1.807) is 6.20 Å². The Morgan fingerprint density at radius 3 is 2.42 bits per heavy atom. The highest BCUT2D eigenvalue weighted by Crippen LogP contribution is 2.16. The minimum absolute atomic E-state index is 0.0659. The Morgan fingerprint density at radius 2 is 1.83 bits per heavy atom. The van der Waals surface area contributed by atoms with E-state index in [-0.39, 0.29) is 5.91 Å². The zero-order valence-electron chi connectivity index (χ0n) is 14.1. The molecule has 0 spiro atoms. The van der Waals surface area contributed by atoms with Gasteiger partial charge < -0.3 is 10.2 Å². The standard InChI is InChI=1S/C18H23ClN4O/c1-3-9-23(10-4-2)18(24)16-12-22-17(13-20-16)21-11-14-7-5-6-8-15(14)19/h5-8,12-13H,3-4,9-11H2,1-2H3,(H,21,22). The van der Waals surface area contributed by atoms with Crippen LogP contribution in [0.1, 0.15) is 42.7 Å². The first-order chi connectivity index (χ1) is 11.7. The number of carbonyl (C=O) groups is 1. The summed E-state index contributed by atoms with van der Waals surface area (Å²) in [6.45, 7) is 6.15. The second-order valence-corrected chi connectivity index (χ2v) is 5.93. The van der Waals surface area contributed by atoms with Gasteiger partial charge in [-0.3, -0.25) is 4.79 Å². The maximum absolute atomic E-state index is 12.4. The SMILES string of the molecule is CCCN(CCC)C(=O)c1cnc(NCc2ccccc2Cl)cn1. The molecule has 0 radical (unpaired) electrons. The largest absolute Gasteiger partial charge is 0.365 e.